The van der Waals surface area contributed by atoms with Gasteiger partial charge in [-0.2, -0.15) is 0 Å². The van der Waals surface area contributed by atoms with Gasteiger partial charge < -0.3 is 15.0 Å². The van der Waals surface area contributed by atoms with Crippen LogP contribution < -0.4 is 10.1 Å². The standard InChI is InChI=1S/C23H24N4O2/c1-16-7-3-12-21(24-16)26-22-13-5-10-19(25-22)20-11-6-14-27(20)23(28)17-8-4-9-18(15-17)29-2/h3-5,7-10,12-13,15,20H,6,11,14H2,1-2H3,(H,24,25,26). The molecule has 1 amide bonds. The van der Waals surface area contributed by atoms with E-state index in [1.807, 2.05) is 66.4 Å². The molecule has 0 radical (unpaired) electrons. The predicted octanol–water partition coefficient (Wildman–Crippen LogP) is 4.51. The second-order valence-electron chi connectivity index (χ2n) is 7.13. The van der Waals surface area contributed by atoms with Gasteiger partial charge in [-0.15, -0.1) is 0 Å². The molecule has 29 heavy (non-hydrogen) atoms. The molecule has 0 bridgehead atoms. The molecular formula is C23H24N4O2. The zero-order valence-electron chi connectivity index (χ0n) is 16.6. The lowest BCUT2D eigenvalue weighted by molar-refractivity contribution is 0.0732. The summed E-state index contributed by atoms with van der Waals surface area (Å²) in [4.78, 5) is 24.3. The number of rotatable bonds is 5. The van der Waals surface area contributed by atoms with Crippen molar-refractivity contribution < 1.29 is 9.53 Å². The summed E-state index contributed by atoms with van der Waals surface area (Å²) in [5.74, 6) is 2.17. The number of aryl methyl sites for hydroxylation is 1. The number of likely N-dealkylation sites (tertiary alicyclic amines) is 1. The SMILES string of the molecule is COc1cccc(C(=O)N2CCCC2c2cccc(Nc3cccc(C)n3)n2)c1. The maximum absolute atomic E-state index is 13.1. The number of nitrogens with zero attached hydrogens (tertiary/aromatic N) is 3. The van der Waals surface area contributed by atoms with Crippen LogP contribution in [0.2, 0.25) is 0 Å². The average Bonchev–Trinajstić information content (AvgIpc) is 3.23. The third kappa shape index (κ3) is 4.21. The normalized spacial score (nSPS) is 15.9. The van der Waals surface area contributed by atoms with E-state index in [-0.39, 0.29) is 11.9 Å². The third-order valence-electron chi connectivity index (χ3n) is 5.09. The smallest absolute Gasteiger partial charge is 0.254 e. The molecule has 6 heteroatoms. The average molecular weight is 388 g/mol. The minimum Gasteiger partial charge on any atom is -0.497 e. The van der Waals surface area contributed by atoms with E-state index in [1.165, 1.54) is 0 Å². The number of nitrogens with one attached hydrogen (secondary N) is 1. The van der Waals surface area contributed by atoms with Gasteiger partial charge in [0.1, 0.15) is 17.4 Å². The van der Waals surface area contributed by atoms with Gasteiger partial charge in [-0.3, -0.25) is 4.79 Å². The minimum absolute atomic E-state index is 0.00640. The molecule has 0 saturated carbocycles. The molecule has 0 spiro atoms. The number of carbonyl (C=O) groups excluding carboxylic acids is 1. The van der Waals surface area contributed by atoms with Gasteiger partial charge in [0.15, 0.2) is 0 Å². The Kier molecular flexibility index (Phi) is 5.42. The van der Waals surface area contributed by atoms with Crippen LogP contribution in [0.4, 0.5) is 11.6 Å². The number of hydrogen-bond acceptors (Lipinski definition) is 5. The first-order valence-corrected chi connectivity index (χ1v) is 9.77. The molecule has 1 fully saturated rings. The number of aromatic nitrogens is 2. The molecular weight excluding hydrogens is 364 g/mol. The van der Waals surface area contributed by atoms with Crippen molar-refractivity contribution in [3.05, 3.63) is 77.6 Å². The van der Waals surface area contributed by atoms with E-state index >= 15 is 0 Å². The van der Waals surface area contributed by atoms with Gasteiger partial charge in [0.2, 0.25) is 0 Å². The van der Waals surface area contributed by atoms with E-state index in [0.29, 0.717) is 11.3 Å². The zero-order valence-corrected chi connectivity index (χ0v) is 16.6. The summed E-state index contributed by atoms with van der Waals surface area (Å²) in [7, 11) is 1.60. The van der Waals surface area contributed by atoms with Crippen LogP contribution >= 0.6 is 0 Å². The molecule has 2 aromatic heterocycles. The van der Waals surface area contributed by atoms with Crippen molar-refractivity contribution in [1.82, 2.24) is 14.9 Å². The highest BCUT2D eigenvalue weighted by atomic mass is 16.5. The summed E-state index contributed by atoms with van der Waals surface area (Å²) in [6.45, 7) is 2.68. The molecule has 1 unspecified atom stereocenters. The number of benzene rings is 1. The van der Waals surface area contributed by atoms with Crippen LogP contribution in [0.25, 0.3) is 0 Å². The highest BCUT2D eigenvalue weighted by Crippen LogP contribution is 2.33. The van der Waals surface area contributed by atoms with Crippen molar-refractivity contribution in [2.75, 3.05) is 19.0 Å². The molecule has 1 N–H and O–H groups in total. The topological polar surface area (TPSA) is 67.3 Å². The fourth-order valence-electron chi connectivity index (χ4n) is 3.69. The molecule has 6 nitrogen and oxygen atoms in total. The maximum Gasteiger partial charge on any atom is 0.254 e. The fourth-order valence-corrected chi connectivity index (χ4v) is 3.69. The molecule has 3 aromatic rings. The second kappa shape index (κ2) is 8.31. The number of carbonyl (C=O) groups is 1. The Morgan fingerprint density at radius 1 is 1.07 bits per heavy atom. The maximum atomic E-state index is 13.1. The quantitative estimate of drug-likeness (QED) is 0.696. The van der Waals surface area contributed by atoms with Crippen molar-refractivity contribution in [2.45, 2.75) is 25.8 Å². The number of hydrogen-bond donors (Lipinski definition) is 1. The summed E-state index contributed by atoms with van der Waals surface area (Å²) in [5, 5.41) is 3.26. The second-order valence-corrected chi connectivity index (χ2v) is 7.13. The number of amides is 1. The van der Waals surface area contributed by atoms with Crippen LogP contribution in [-0.2, 0) is 0 Å². The molecule has 148 valence electrons. The molecule has 1 aromatic carbocycles. The monoisotopic (exact) mass is 388 g/mol. The van der Waals surface area contributed by atoms with Crippen LogP contribution in [-0.4, -0.2) is 34.4 Å². The Morgan fingerprint density at radius 2 is 1.83 bits per heavy atom. The van der Waals surface area contributed by atoms with E-state index in [9.17, 15) is 4.79 Å². The molecule has 0 aliphatic carbocycles. The van der Waals surface area contributed by atoms with Gasteiger partial charge in [0, 0.05) is 17.8 Å². The first-order chi connectivity index (χ1) is 14.1. The number of pyridine rings is 2. The zero-order chi connectivity index (χ0) is 20.2. The van der Waals surface area contributed by atoms with E-state index in [4.69, 9.17) is 9.72 Å². The minimum atomic E-state index is -0.0408. The molecule has 1 aliphatic rings. The number of anilines is 2. The lowest BCUT2D eigenvalue weighted by atomic mass is 10.1. The Labute approximate surface area is 170 Å². The van der Waals surface area contributed by atoms with Crippen LogP contribution in [0.1, 0.15) is 40.6 Å². The lowest BCUT2D eigenvalue weighted by Crippen LogP contribution is -2.31. The van der Waals surface area contributed by atoms with Crippen molar-refractivity contribution in [3.63, 3.8) is 0 Å². The molecule has 1 atom stereocenters. The number of methoxy groups -OCH3 is 1. The summed E-state index contributed by atoms with van der Waals surface area (Å²) in [5.41, 5.74) is 2.46. The van der Waals surface area contributed by atoms with Crippen molar-refractivity contribution in [2.24, 2.45) is 0 Å². The van der Waals surface area contributed by atoms with Crippen LogP contribution in [0, 0.1) is 6.92 Å². The van der Waals surface area contributed by atoms with Crippen LogP contribution in [0.15, 0.2) is 60.7 Å². The predicted molar refractivity (Wildman–Crippen MR) is 112 cm³/mol. The summed E-state index contributed by atoms with van der Waals surface area (Å²) in [6.07, 6.45) is 1.86. The Morgan fingerprint density at radius 3 is 2.62 bits per heavy atom. The summed E-state index contributed by atoms with van der Waals surface area (Å²) >= 11 is 0. The van der Waals surface area contributed by atoms with Crippen LogP contribution in [0.5, 0.6) is 5.75 Å². The van der Waals surface area contributed by atoms with E-state index in [0.717, 1.165) is 42.4 Å². The highest BCUT2D eigenvalue weighted by Gasteiger charge is 2.31. The van der Waals surface area contributed by atoms with E-state index in [2.05, 4.69) is 10.3 Å². The van der Waals surface area contributed by atoms with Gasteiger partial charge in [-0.05, 0) is 62.2 Å². The molecule has 3 heterocycles. The molecule has 4 rings (SSSR count). The number of ether oxygens (including phenoxy) is 1. The molecule has 1 aliphatic heterocycles. The largest absolute Gasteiger partial charge is 0.497 e. The van der Waals surface area contributed by atoms with Crippen molar-refractivity contribution in [3.8, 4) is 5.75 Å². The summed E-state index contributed by atoms with van der Waals surface area (Å²) in [6, 6.07) is 18.9. The van der Waals surface area contributed by atoms with Gasteiger partial charge in [-0.25, -0.2) is 9.97 Å². The Balaban J connectivity index is 1.56. The Bertz CT molecular complexity index is 1020. The third-order valence-corrected chi connectivity index (χ3v) is 5.09. The van der Waals surface area contributed by atoms with Gasteiger partial charge in [0.25, 0.3) is 5.91 Å². The Hall–Kier alpha value is -3.41. The van der Waals surface area contributed by atoms with Gasteiger partial charge >= 0.3 is 0 Å². The highest BCUT2D eigenvalue weighted by molar-refractivity contribution is 5.95. The molecule has 1 saturated heterocycles. The van der Waals surface area contributed by atoms with Crippen molar-refractivity contribution in [1.29, 1.82) is 0 Å². The first kappa shape index (κ1) is 18.9. The first-order valence-electron chi connectivity index (χ1n) is 9.77. The van der Waals surface area contributed by atoms with Gasteiger partial charge in [0.05, 0.1) is 18.8 Å². The summed E-state index contributed by atoms with van der Waals surface area (Å²) < 4.78 is 5.26. The van der Waals surface area contributed by atoms with Gasteiger partial charge in [-0.1, -0.05) is 18.2 Å². The van der Waals surface area contributed by atoms with E-state index < -0.39 is 0 Å². The van der Waals surface area contributed by atoms with Crippen molar-refractivity contribution >= 4 is 17.5 Å². The van der Waals surface area contributed by atoms with E-state index in [1.54, 1.807) is 13.2 Å². The van der Waals surface area contributed by atoms with Crippen LogP contribution in [0.3, 0.4) is 0 Å². The fraction of sp³-hybridized carbons (Fsp3) is 0.261. The lowest BCUT2D eigenvalue weighted by Gasteiger charge is -2.25.